The molecular weight excluding hydrogens is 232 g/mol. The van der Waals surface area contributed by atoms with E-state index in [4.69, 9.17) is 0 Å². The molecule has 0 aromatic heterocycles. The lowest BCUT2D eigenvalue weighted by Crippen LogP contribution is -1.98. The monoisotopic (exact) mass is 240 g/mol. The van der Waals surface area contributed by atoms with E-state index in [9.17, 15) is 9.59 Å². The highest BCUT2D eigenvalue weighted by atomic mass is 79.9. The van der Waals surface area contributed by atoms with E-state index in [1.54, 1.807) is 12.1 Å². The molecule has 13 heavy (non-hydrogen) atoms. The summed E-state index contributed by atoms with van der Waals surface area (Å²) in [5.74, 6) is 0.0868. The summed E-state index contributed by atoms with van der Waals surface area (Å²) in [6, 6.07) is 5.31. The summed E-state index contributed by atoms with van der Waals surface area (Å²) in [6.45, 7) is 1.53. The Balaban J connectivity index is 3.07. The highest BCUT2D eigenvalue weighted by molar-refractivity contribution is 9.10. The van der Waals surface area contributed by atoms with Crippen molar-refractivity contribution in [1.82, 2.24) is 0 Å². The lowest BCUT2D eigenvalue weighted by molar-refractivity contribution is -0.116. The number of halogens is 1. The first-order valence-corrected chi connectivity index (χ1v) is 4.66. The Kier molecular flexibility index (Phi) is 3.37. The Morgan fingerprint density at radius 2 is 2.23 bits per heavy atom. The van der Waals surface area contributed by atoms with Gasteiger partial charge in [0.2, 0.25) is 0 Å². The summed E-state index contributed by atoms with van der Waals surface area (Å²) < 4.78 is 0.722. The van der Waals surface area contributed by atoms with Crippen molar-refractivity contribution in [2.24, 2.45) is 0 Å². The van der Waals surface area contributed by atoms with E-state index in [1.807, 2.05) is 6.07 Å². The maximum absolute atomic E-state index is 10.9. The van der Waals surface area contributed by atoms with Gasteiger partial charge in [-0.15, -0.1) is 0 Å². The summed E-state index contributed by atoms with van der Waals surface area (Å²) in [7, 11) is 0. The van der Waals surface area contributed by atoms with Crippen LogP contribution in [0.25, 0.3) is 0 Å². The van der Waals surface area contributed by atoms with Gasteiger partial charge in [-0.05, 0) is 28.4 Å². The van der Waals surface area contributed by atoms with Crippen LogP contribution >= 0.6 is 15.9 Å². The largest absolute Gasteiger partial charge is 0.300 e. The standard InChI is InChI=1S/C10H9BrO2/c1-7(13)5-8-3-2-4-9(6-12)10(8)11/h2-4,6H,5H2,1H3. The van der Waals surface area contributed by atoms with Gasteiger partial charge in [0.25, 0.3) is 0 Å². The summed E-state index contributed by atoms with van der Waals surface area (Å²) in [6.07, 6.45) is 1.13. The van der Waals surface area contributed by atoms with Gasteiger partial charge in [0.15, 0.2) is 6.29 Å². The van der Waals surface area contributed by atoms with Gasteiger partial charge in [-0.3, -0.25) is 9.59 Å². The topological polar surface area (TPSA) is 34.1 Å². The molecule has 1 rings (SSSR count). The molecule has 0 fully saturated rings. The van der Waals surface area contributed by atoms with E-state index in [-0.39, 0.29) is 5.78 Å². The third kappa shape index (κ3) is 2.49. The summed E-state index contributed by atoms with van der Waals surface area (Å²) in [5.41, 5.74) is 1.44. The molecule has 0 aliphatic carbocycles. The lowest BCUT2D eigenvalue weighted by Gasteiger charge is -2.03. The van der Waals surface area contributed by atoms with Crippen molar-refractivity contribution in [3.05, 3.63) is 33.8 Å². The van der Waals surface area contributed by atoms with E-state index in [0.29, 0.717) is 12.0 Å². The minimum absolute atomic E-state index is 0.0868. The molecule has 0 saturated carbocycles. The Morgan fingerprint density at radius 1 is 1.54 bits per heavy atom. The SMILES string of the molecule is CC(=O)Cc1cccc(C=O)c1Br. The van der Waals surface area contributed by atoms with Crippen LogP contribution in [0.2, 0.25) is 0 Å². The Labute approximate surface area is 85.1 Å². The van der Waals surface area contributed by atoms with Crippen LogP contribution in [0.5, 0.6) is 0 Å². The molecule has 0 heterocycles. The number of benzene rings is 1. The molecule has 0 atom stereocenters. The maximum Gasteiger partial charge on any atom is 0.151 e. The molecule has 0 saturated heterocycles. The third-order valence-electron chi connectivity index (χ3n) is 1.67. The summed E-state index contributed by atoms with van der Waals surface area (Å²) in [5, 5.41) is 0. The van der Waals surface area contributed by atoms with Crippen molar-refractivity contribution >= 4 is 28.0 Å². The van der Waals surface area contributed by atoms with Crippen LogP contribution in [0, 0.1) is 0 Å². The minimum Gasteiger partial charge on any atom is -0.300 e. The highest BCUT2D eigenvalue weighted by Crippen LogP contribution is 2.20. The zero-order valence-electron chi connectivity index (χ0n) is 7.21. The average Bonchev–Trinajstić information content (AvgIpc) is 2.08. The van der Waals surface area contributed by atoms with Gasteiger partial charge in [-0.1, -0.05) is 18.2 Å². The first-order chi connectivity index (χ1) is 6.15. The Hall–Kier alpha value is -0.960. The molecule has 0 amide bonds. The smallest absolute Gasteiger partial charge is 0.151 e. The second-order valence-corrected chi connectivity index (χ2v) is 3.61. The molecule has 1 aromatic carbocycles. The quantitative estimate of drug-likeness (QED) is 0.761. The highest BCUT2D eigenvalue weighted by Gasteiger charge is 2.05. The van der Waals surface area contributed by atoms with Crippen LogP contribution in [0.1, 0.15) is 22.8 Å². The van der Waals surface area contributed by atoms with E-state index in [1.165, 1.54) is 6.92 Å². The fraction of sp³-hybridized carbons (Fsp3) is 0.200. The van der Waals surface area contributed by atoms with Crippen molar-refractivity contribution in [2.45, 2.75) is 13.3 Å². The van der Waals surface area contributed by atoms with Gasteiger partial charge < -0.3 is 0 Å². The minimum atomic E-state index is 0.0868. The number of aldehydes is 1. The molecule has 0 N–H and O–H groups in total. The molecule has 2 nitrogen and oxygen atoms in total. The second-order valence-electron chi connectivity index (χ2n) is 2.82. The van der Waals surface area contributed by atoms with E-state index in [2.05, 4.69) is 15.9 Å². The first-order valence-electron chi connectivity index (χ1n) is 3.87. The van der Waals surface area contributed by atoms with E-state index in [0.717, 1.165) is 16.3 Å². The molecule has 0 radical (unpaired) electrons. The average molecular weight is 241 g/mol. The number of ketones is 1. The van der Waals surface area contributed by atoms with Gasteiger partial charge in [0.05, 0.1) is 0 Å². The van der Waals surface area contributed by atoms with Crippen LogP contribution in [-0.2, 0) is 11.2 Å². The molecule has 0 spiro atoms. The molecule has 0 aliphatic rings. The Bertz CT molecular complexity index is 345. The Morgan fingerprint density at radius 3 is 2.77 bits per heavy atom. The number of carbonyl (C=O) groups excluding carboxylic acids is 2. The van der Waals surface area contributed by atoms with Crippen molar-refractivity contribution < 1.29 is 9.59 Å². The molecule has 68 valence electrons. The van der Waals surface area contributed by atoms with E-state index < -0.39 is 0 Å². The fourth-order valence-corrected chi connectivity index (χ4v) is 1.59. The van der Waals surface area contributed by atoms with Crippen molar-refractivity contribution in [2.75, 3.05) is 0 Å². The molecule has 1 aromatic rings. The maximum atomic E-state index is 10.9. The number of carbonyl (C=O) groups is 2. The first kappa shape index (κ1) is 10.1. The van der Waals surface area contributed by atoms with Gasteiger partial charge in [-0.2, -0.15) is 0 Å². The van der Waals surface area contributed by atoms with Gasteiger partial charge in [-0.25, -0.2) is 0 Å². The second kappa shape index (κ2) is 4.33. The van der Waals surface area contributed by atoms with Gasteiger partial charge in [0.1, 0.15) is 5.78 Å². The molecule has 0 unspecified atom stereocenters. The summed E-state index contributed by atoms with van der Waals surface area (Å²) in [4.78, 5) is 21.4. The van der Waals surface area contributed by atoms with Crippen molar-refractivity contribution in [1.29, 1.82) is 0 Å². The third-order valence-corrected chi connectivity index (χ3v) is 2.64. The number of Topliss-reactive ketones (excluding diaryl/α,β-unsaturated/α-hetero) is 1. The zero-order chi connectivity index (χ0) is 9.84. The number of hydrogen-bond donors (Lipinski definition) is 0. The summed E-state index contributed by atoms with van der Waals surface area (Å²) >= 11 is 3.29. The van der Waals surface area contributed by atoms with Crippen LogP contribution in [0.4, 0.5) is 0 Å². The lowest BCUT2D eigenvalue weighted by atomic mass is 10.1. The van der Waals surface area contributed by atoms with Crippen molar-refractivity contribution in [3.63, 3.8) is 0 Å². The van der Waals surface area contributed by atoms with Gasteiger partial charge >= 0.3 is 0 Å². The fourth-order valence-electron chi connectivity index (χ4n) is 1.10. The predicted octanol–water partition coefficient (Wildman–Crippen LogP) is 2.39. The zero-order valence-corrected chi connectivity index (χ0v) is 8.80. The predicted molar refractivity (Wildman–Crippen MR) is 53.9 cm³/mol. The van der Waals surface area contributed by atoms with Crippen LogP contribution in [0.3, 0.4) is 0 Å². The van der Waals surface area contributed by atoms with Crippen LogP contribution in [-0.4, -0.2) is 12.1 Å². The van der Waals surface area contributed by atoms with Crippen LogP contribution < -0.4 is 0 Å². The number of hydrogen-bond acceptors (Lipinski definition) is 2. The molecule has 3 heteroatoms. The normalized spacial score (nSPS) is 9.69. The number of rotatable bonds is 3. The molecular formula is C10H9BrO2. The van der Waals surface area contributed by atoms with Crippen LogP contribution in [0.15, 0.2) is 22.7 Å². The molecule has 0 aliphatic heterocycles. The van der Waals surface area contributed by atoms with Gasteiger partial charge in [0, 0.05) is 16.5 Å². The van der Waals surface area contributed by atoms with Crippen molar-refractivity contribution in [3.8, 4) is 0 Å². The van der Waals surface area contributed by atoms with E-state index >= 15 is 0 Å². The molecule has 0 bridgehead atoms.